The lowest BCUT2D eigenvalue weighted by Gasteiger charge is -2.27. The normalized spacial score (nSPS) is 18.8. The lowest BCUT2D eigenvalue weighted by atomic mass is 10.1. The predicted octanol–water partition coefficient (Wildman–Crippen LogP) is 2.10. The van der Waals surface area contributed by atoms with Crippen LogP contribution in [-0.4, -0.2) is 22.8 Å². The monoisotopic (exact) mass is 193 g/mol. The van der Waals surface area contributed by atoms with Gasteiger partial charge in [-0.1, -0.05) is 20.3 Å². The summed E-state index contributed by atoms with van der Waals surface area (Å²) in [6.45, 7) is 6.48. The molecule has 0 aromatic carbocycles. The molecule has 12 heavy (non-hydrogen) atoms. The highest BCUT2D eigenvalue weighted by molar-refractivity contribution is 6.23. The van der Waals surface area contributed by atoms with Gasteiger partial charge in [-0.3, -0.25) is 5.32 Å². The van der Waals surface area contributed by atoms with E-state index in [1.165, 1.54) is 0 Å². The maximum absolute atomic E-state index is 9.06. The van der Waals surface area contributed by atoms with Crippen LogP contribution < -0.4 is 5.32 Å². The largest absolute Gasteiger partial charge is 0.392 e. The van der Waals surface area contributed by atoms with Crippen LogP contribution in [0.4, 0.5) is 0 Å². The van der Waals surface area contributed by atoms with E-state index in [-0.39, 0.29) is 11.1 Å². The van der Waals surface area contributed by atoms with Crippen LogP contribution in [0.25, 0.3) is 0 Å². The molecule has 2 N–H and O–H groups in total. The summed E-state index contributed by atoms with van der Waals surface area (Å²) >= 11 is 6.25. The quantitative estimate of drug-likeness (QED) is 0.500. The Balaban J connectivity index is 3.78. The summed E-state index contributed by atoms with van der Waals surface area (Å²) < 4.78 is 0. The second kappa shape index (κ2) is 5.79. The molecule has 0 bridgehead atoms. The Hall–Kier alpha value is 0.210. The highest BCUT2D eigenvalue weighted by Gasteiger charge is 2.22. The Morgan fingerprint density at radius 3 is 2.42 bits per heavy atom. The first-order chi connectivity index (χ1) is 5.54. The summed E-state index contributed by atoms with van der Waals surface area (Å²) in [7, 11) is 0. The first-order valence-electron chi connectivity index (χ1n) is 4.66. The van der Waals surface area contributed by atoms with Gasteiger partial charge in [0.25, 0.3) is 0 Å². The van der Waals surface area contributed by atoms with Gasteiger partial charge in [-0.05, 0) is 19.8 Å². The summed E-state index contributed by atoms with van der Waals surface area (Å²) in [6.07, 6.45) is 2.56. The van der Waals surface area contributed by atoms with Crippen LogP contribution in [0.2, 0.25) is 0 Å². The lowest BCUT2D eigenvalue weighted by molar-refractivity contribution is 0.180. The highest BCUT2D eigenvalue weighted by Crippen LogP contribution is 2.21. The molecule has 0 aliphatic rings. The summed E-state index contributed by atoms with van der Waals surface area (Å²) in [5.41, 5.74) is 0. The van der Waals surface area contributed by atoms with E-state index in [9.17, 15) is 0 Å². The van der Waals surface area contributed by atoms with Crippen LogP contribution >= 0.6 is 11.6 Å². The van der Waals surface area contributed by atoms with E-state index in [1.807, 2.05) is 0 Å². The number of alkyl halides is 1. The van der Waals surface area contributed by atoms with Gasteiger partial charge < -0.3 is 5.11 Å². The van der Waals surface area contributed by atoms with Crippen LogP contribution in [-0.2, 0) is 0 Å². The highest BCUT2D eigenvalue weighted by atomic mass is 35.5. The number of rotatable bonds is 6. The van der Waals surface area contributed by atoms with Gasteiger partial charge in [0.2, 0.25) is 0 Å². The van der Waals surface area contributed by atoms with Gasteiger partial charge in [-0.15, -0.1) is 11.6 Å². The fraction of sp³-hybridized carbons (Fsp3) is 1.00. The maximum Gasteiger partial charge on any atom is 0.0933 e. The SMILES string of the molecule is CCCC(Cl)(CC)NCC(C)O. The van der Waals surface area contributed by atoms with Crippen LogP contribution in [0.15, 0.2) is 0 Å². The molecule has 0 amide bonds. The van der Waals surface area contributed by atoms with Gasteiger partial charge in [0.05, 0.1) is 11.1 Å². The van der Waals surface area contributed by atoms with Gasteiger partial charge in [0.1, 0.15) is 0 Å². The Morgan fingerprint density at radius 1 is 1.50 bits per heavy atom. The number of aliphatic hydroxyl groups is 1. The molecule has 0 aliphatic carbocycles. The molecule has 0 heterocycles. The van der Waals surface area contributed by atoms with Crippen molar-refractivity contribution in [1.29, 1.82) is 0 Å². The smallest absolute Gasteiger partial charge is 0.0933 e. The topological polar surface area (TPSA) is 32.3 Å². The van der Waals surface area contributed by atoms with Crippen LogP contribution in [0, 0.1) is 0 Å². The van der Waals surface area contributed by atoms with Gasteiger partial charge >= 0.3 is 0 Å². The molecule has 0 saturated carbocycles. The molecule has 2 atom stereocenters. The van der Waals surface area contributed by atoms with Crippen molar-refractivity contribution in [3.05, 3.63) is 0 Å². The van der Waals surface area contributed by atoms with Gasteiger partial charge in [-0.2, -0.15) is 0 Å². The van der Waals surface area contributed by atoms with Gasteiger partial charge in [0, 0.05) is 6.54 Å². The molecule has 0 fully saturated rings. The standard InChI is InChI=1S/C9H20ClNO/c1-4-6-9(10,5-2)11-7-8(3)12/h8,11-12H,4-7H2,1-3H3. The van der Waals surface area contributed by atoms with Crippen molar-refractivity contribution in [3.63, 3.8) is 0 Å². The van der Waals surface area contributed by atoms with Crippen molar-refractivity contribution in [2.24, 2.45) is 0 Å². The molecule has 0 aromatic heterocycles. The van der Waals surface area contributed by atoms with Gasteiger partial charge in [0.15, 0.2) is 0 Å². The van der Waals surface area contributed by atoms with Crippen molar-refractivity contribution >= 4 is 11.6 Å². The van der Waals surface area contributed by atoms with Crippen LogP contribution in [0.3, 0.4) is 0 Å². The molecule has 2 nitrogen and oxygen atoms in total. The molecule has 74 valence electrons. The second-order valence-electron chi connectivity index (χ2n) is 3.30. The number of hydrogen-bond acceptors (Lipinski definition) is 2. The first-order valence-corrected chi connectivity index (χ1v) is 5.04. The fourth-order valence-electron chi connectivity index (χ4n) is 1.12. The van der Waals surface area contributed by atoms with Crippen LogP contribution in [0.5, 0.6) is 0 Å². The lowest BCUT2D eigenvalue weighted by Crippen LogP contribution is -2.42. The number of halogens is 1. The zero-order chi connectivity index (χ0) is 9.61. The number of aliphatic hydroxyl groups excluding tert-OH is 1. The Bertz CT molecular complexity index is 119. The van der Waals surface area contributed by atoms with Crippen molar-refractivity contribution in [2.75, 3.05) is 6.54 Å². The third-order valence-electron chi connectivity index (χ3n) is 1.92. The van der Waals surface area contributed by atoms with E-state index < -0.39 is 0 Å². The van der Waals surface area contributed by atoms with Crippen molar-refractivity contribution in [2.45, 2.75) is 51.1 Å². The summed E-state index contributed by atoms with van der Waals surface area (Å²) in [6, 6.07) is 0. The maximum atomic E-state index is 9.06. The van der Waals surface area contributed by atoms with E-state index in [0.717, 1.165) is 19.3 Å². The fourth-order valence-corrected chi connectivity index (χ4v) is 1.38. The number of nitrogens with one attached hydrogen (secondary N) is 1. The molecule has 3 heteroatoms. The van der Waals surface area contributed by atoms with Crippen molar-refractivity contribution in [1.82, 2.24) is 5.32 Å². The molecular formula is C9H20ClNO. The zero-order valence-electron chi connectivity index (χ0n) is 8.23. The average molecular weight is 194 g/mol. The molecule has 0 rings (SSSR count). The third-order valence-corrected chi connectivity index (χ3v) is 2.51. The van der Waals surface area contributed by atoms with E-state index in [1.54, 1.807) is 6.92 Å². The molecule has 0 radical (unpaired) electrons. The Labute approximate surface area is 80.3 Å². The Morgan fingerprint density at radius 2 is 2.08 bits per heavy atom. The van der Waals surface area contributed by atoms with Crippen molar-refractivity contribution in [3.8, 4) is 0 Å². The van der Waals surface area contributed by atoms with E-state index >= 15 is 0 Å². The van der Waals surface area contributed by atoms with Gasteiger partial charge in [-0.25, -0.2) is 0 Å². The Kier molecular flexibility index (Phi) is 5.89. The van der Waals surface area contributed by atoms with E-state index in [0.29, 0.717) is 6.54 Å². The van der Waals surface area contributed by atoms with Crippen LogP contribution in [0.1, 0.15) is 40.0 Å². The van der Waals surface area contributed by atoms with E-state index in [4.69, 9.17) is 16.7 Å². The summed E-state index contributed by atoms with van der Waals surface area (Å²) in [5.74, 6) is 0. The summed E-state index contributed by atoms with van der Waals surface area (Å²) in [5, 5.41) is 12.2. The minimum Gasteiger partial charge on any atom is -0.392 e. The molecule has 0 spiro atoms. The third kappa shape index (κ3) is 4.96. The molecule has 0 saturated heterocycles. The molecule has 2 unspecified atom stereocenters. The molecule has 0 aromatic rings. The van der Waals surface area contributed by atoms with E-state index in [2.05, 4.69) is 19.2 Å². The molecule has 0 aliphatic heterocycles. The minimum atomic E-state index is -0.327. The minimum absolute atomic E-state index is 0.314. The van der Waals surface area contributed by atoms with Crippen molar-refractivity contribution < 1.29 is 5.11 Å². The zero-order valence-corrected chi connectivity index (χ0v) is 8.99. The predicted molar refractivity (Wildman–Crippen MR) is 53.5 cm³/mol. The number of hydrogen-bond donors (Lipinski definition) is 2. The summed E-state index contributed by atoms with van der Waals surface area (Å²) in [4.78, 5) is -0.314. The first kappa shape index (κ1) is 12.2. The average Bonchev–Trinajstić information content (AvgIpc) is 2.02. The molecular weight excluding hydrogens is 174 g/mol. The second-order valence-corrected chi connectivity index (χ2v) is 4.02.